The third-order valence-corrected chi connectivity index (χ3v) is 5.01. The Morgan fingerprint density at radius 3 is 2.48 bits per heavy atom. The van der Waals surface area contributed by atoms with Crippen LogP contribution in [-0.2, 0) is 6.54 Å². The van der Waals surface area contributed by atoms with Crippen molar-refractivity contribution in [2.45, 2.75) is 6.54 Å². The second-order valence-electron chi connectivity index (χ2n) is 6.81. The molecular weight excluding hydrogens is 362 g/mol. The average Bonchev–Trinajstić information content (AvgIpc) is 3.31. The molecule has 6 heteroatoms. The number of nitrogens with zero attached hydrogens (tertiary/aromatic N) is 4. The first-order valence-corrected chi connectivity index (χ1v) is 9.31. The molecule has 5 rings (SSSR count). The molecule has 0 bridgehead atoms. The van der Waals surface area contributed by atoms with E-state index < -0.39 is 0 Å². The van der Waals surface area contributed by atoms with Gasteiger partial charge >= 0.3 is 0 Å². The molecule has 3 aromatic carbocycles. The van der Waals surface area contributed by atoms with Gasteiger partial charge in [-0.25, -0.2) is 5.10 Å². The summed E-state index contributed by atoms with van der Waals surface area (Å²) in [4.78, 5) is 12.6. The second kappa shape index (κ2) is 7.16. The van der Waals surface area contributed by atoms with Crippen molar-refractivity contribution in [1.82, 2.24) is 25.2 Å². The quantitative estimate of drug-likeness (QED) is 0.514. The number of aromatic nitrogens is 5. The molecule has 1 N–H and O–H groups in total. The van der Waals surface area contributed by atoms with Crippen LogP contribution in [-0.4, -0.2) is 25.2 Å². The Labute approximate surface area is 166 Å². The number of para-hydroxylation sites is 1. The Bertz CT molecular complexity index is 1340. The van der Waals surface area contributed by atoms with Crippen LogP contribution in [0.2, 0.25) is 0 Å². The van der Waals surface area contributed by atoms with Crippen LogP contribution in [0.15, 0.2) is 89.7 Å². The summed E-state index contributed by atoms with van der Waals surface area (Å²) in [6.45, 7) is 0.462. The molecule has 2 aromatic heterocycles. The summed E-state index contributed by atoms with van der Waals surface area (Å²) in [6, 6.07) is 27.6. The molecule has 0 amide bonds. The fraction of sp³-hybridized carbons (Fsp3) is 0.0435. The number of aromatic amines is 1. The van der Waals surface area contributed by atoms with Gasteiger partial charge in [0.1, 0.15) is 0 Å². The standard InChI is InChI=1S/C23H17N5O/c29-22-13-11-18-8-4-5-9-21(18)28(22)15-16-10-12-19(17-6-2-1-3-7-17)20(14-16)23-24-26-27-25-23/h1-14H,15H2,(H,24,25,26,27). The largest absolute Gasteiger partial charge is 0.304 e. The summed E-state index contributed by atoms with van der Waals surface area (Å²) in [6.07, 6.45) is 0. The van der Waals surface area contributed by atoms with Gasteiger partial charge in [0.05, 0.1) is 12.1 Å². The molecule has 6 nitrogen and oxygen atoms in total. The molecule has 0 fully saturated rings. The van der Waals surface area contributed by atoms with Gasteiger partial charge < -0.3 is 4.57 Å². The van der Waals surface area contributed by atoms with Crippen molar-refractivity contribution >= 4 is 10.9 Å². The second-order valence-corrected chi connectivity index (χ2v) is 6.81. The topological polar surface area (TPSA) is 76.5 Å². The number of benzene rings is 3. The fourth-order valence-electron chi connectivity index (χ4n) is 3.62. The van der Waals surface area contributed by atoms with Crippen LogP contribution >= 0.6 is 0 Å². The highest BCUT2D eigenvalue weighted by molar-refractivity contribution is 5.81. The fourth-order valence-corrected chi connectivity index (χ4v) is 3.62. The van der Waals surface area contributed by atoms with E-state index in [1.54, 1.807) is 10.6 Å². The van der Waals surface area contributed by atoms with Crippen LogP contribution in [0.5, 0.6) is 0 Å². The van der Waals surface area contributed by atoms with Crippen LogP contribution < -0.4 is 5.56 Å². The van der Waals surface area contributed by atoms with Gasteiger partial charge in [-0.05, 0) is 50.7 Å². The normalized spacial score (nSPS) is 11.0. The monoisotopic (exact) mass is 379 g/mol. The number of hydrogen-bond acceptors (Lipinski definition) is 4. The summed E-state index contributed by atoms with van der Waals surface area (Å²) in [7, 11) is 0. The Hall–Kier alpha value is -4.06. The molecule has 0 saturated heterocycles. The van der Waals surface area contributed by atoms with Crippen LogP contribution in [0, 0.1) is 0 Å². The summed E-state index contributed by atoms with van der Waals surface area (Å²) in [5.74, 6) is 0.593. The maximum absolute atomic E-state index is 12.6. The summed E-state index contributed by atoms with van der Waals surface area (Å²) in [5, 5.41) is 15.4. The third-order valence-electron chi connectivity index (χ3n) is 5.01. The first-order valence-electron chi connectivity index (χ1n) is 9.31. The summed E-state index contributed by atoms with van der Waals surface area (Å²) >= 11 is 0. The molecule has 29 heavy (non-hydrogen) atoms. The summed E-state index contributed by atoms with van der Waals surface area (Å²) in [5.41, 5.74) is 4.88. The van der Waals surface area contributed by atoms with E-state index in [9.17, 15) is 4.79 Å². The number of H-pyrrole nitrogens is 1. The number of rotatable bonds is 4. The lowest BCUT2D eigenvalue weighted by molar-refractivity contribution is 0.795. The zero-order valence-corrected chi connectivity index (χ0v) is 15.5. The predicted molar refractivity (Wildman–Crippen MR) is 112 cm³/mol. The van der Waals surface area contributed by atoms with Crippen molar-refractivity contribution in [3.8, 4) is 22.5 Å². The Kier molecular flexibility index (Phi) is 4.22. The van der Waals surface area contributed by atoms with E-state index in [1.807, 2.05) is 60.7 Å². The minimum atomic E-state index is -0.0290. The van der Waals surface area contributed by atoms with Gasteiger partial charge in [-0.3, -0.25) is 4.79 Å². The van der Waals surface area contributed by atoms with Gasteiger partial charge in [0.25, 0.3) is 5.56 Å². The molecule has 0 aliphatic rings. The molecule has 0 saturated carbocycles. The highest BCUT2D eigenvalue weighted by Gasteiger charge is 2.13. The van der Waals surface area contributed by atoms with Crippen molar-refractivity contribution in [1.29, 1.82) is 0 Å². The number of pyridine rings is 1. The molecule has 0 radical (unpaired) electrons. The summed E-state index contributed by atoms with van der Waals surface area (Å²) < 4.78 is 1.79. The number of tetrazole rings is 1. The van der Waals surface area contributed by atoms with Crippen molar-refractivity contribution in [2.75, 3.05) is 0 Å². The van der Waals surface area contributed by atoms with Gasteiger partial charge in [0.15, 0.2) is 5.82 Å². The van der Waals surface area contributed by atoms with E-state index >= 15 is 0 Å². The molecule has 140 valence electrons. The lowest BCUT2D eigenvalue weighted by atomic mass is 9.97. The Balaban J connectivity index is 1.64. The van der Waals surface area contributed by atoms with E-state index in [-0.39, 0.29) is 5.56 Å². The van der Waals surface area contributed by atoms with Crippen molar-refractivity contribution in [2.24, 2.45) is 0 Å². The first kappa shape index (κ1) is 17.1. The van der Waals surface area contributed by atoms with E-state index in [0.29, 0.717) is 12.4 Å². The smallest absolute Gasteiger partial charge is 0.251 e. The van der Waals surface area contributed by atoms with E-state index in [2.05, 4.69) is 38.8 Å². The molecular formula is C23H17N5O. The van der Waals surface area contributed by atoms with Gasteiger partial charge in [-0.15, -0.1) is 5.10 Å². The van der Waals surface area contributed by atoms with Gasteiger partial charge in [-0.2, -0.15) is 0 Å². The first-order chi connectivity index (χ1) is 14.3. The number of hydrogen-bond donors (Lipinski definition) is 1. The maximum atomic E-state index is 12.6. The Morgan fingerprint density at radius 1 is 0.828 bits per heavy atom. The van der Waals surface area contributed by atoms with Crippen LogP contribution in [0.4, 0.5) is 0 Å². The molecule has 2 heterocycles. The van der Waals surface area contributed by atoms with Gasteiger partial charge in [0, 0.05) is 11.6 Å². The van der Waals surface area contributed by atoms with Crippen molar-refractivity contribution in [3.63, 3.8) is 0 Å². The Morgan fingerprint density at radius 2 is 1.66 bits per heavy atom. The van der Waals surface area contributed by atoms with Gasteiger partial charge in [0.2, 0.25) is 0 Å². The maximum Gasteiger partial charge on any atom is 0.251 e. The minimum absolute atomic E-state index is 0.0290. The lowest BCUT2D eigenvalue weighted by Crippen LogP contribution is -2.19. The number of nitrogens with one attached hydrogen (secondary N) is 1. The molecule has 0 spiro atoms. The van der Waals surface area contributed by atoms with Crippen LogP contribution in [0.3, 0.4) is 0 Å². The van der Waals surface area contributed by atoms with Crippen LogP contribution in [0.25, 0.3) is 33.4 Å². The SMILES string of the molecule is O=c1ccc2ccccc2n1Cc1ccc(-c2ccccc2)c(-c2nnn[nH]2)c1. The minimum Gasteiger partial charge on any atom is -0.304 e. The predicted octanol–water partition coefficient (Wildman–Crippen LogP) is 3.90. The van der Waals surface area contributed by atoms with Crippen molar-refractivity contribution < 1.29 is 0 Å². The highest BCUT2D eigenvalue weighted by Crippen LogP contribution is 2.31. The van der Waals surface area contributed by atoms with Crippen molar-refractivity contribution in [3.05, 3.63) is 101 Å². The van der Waals surface area contributed by atoms with E-state index in [1.165, 1.54) is 0 Å². The van der Waals surface area contributed by atoms with E-state index in [0.717, 1.165) is 33.2 Å². The highest BCUT2D eigenvalue weighted by atomic mass is 16.1. The van der Waals surface area contributed by atoms with E-state index in [4.69, 9.17) is 0 Å². The zero-order valence-electron chi connectivity index (χ0n) is 15.5. The average molecular weight is 379 g/mol. The molecule has 5 aromatic rings. The molecule has 0 unspecified atom stereocenters. The molecule has 0 aliphatic heterocycles. The molecule has 0 atom stereocenters. The third kappa shape index (κ3) is 3.21. The van der Waals surface area contributed by atoms with Gasteiger partial charge in [-0.1, -0.05) is 60.7 Å². The lowest BCUT2D eigenvalue weighted by Gasteiger charge is -2.13. The molecule has 0 aliphatic carbocycles. The van der Waals surface area contributed by atoms with Crippen LogP contribution in [0.1, 0.15) is 5.56 Å². The number of fused-ring (bicyclic) bond motifs is 1. The zero-order chi connectivity index (χ0) is 19.6.